The van der Waals surface area contributed by atoms with Gasteiger partial charge in [0.1, 0.15) is 0 Å². The van der Waals surface area contributed by atoms with Crippen LogP contribution in [0.1, 0.15) is 54.9 Å². The van der Waals surface area contributed by atoms with Crippen LogP contribution in [-0.4, -0.2) is 10.9 Å². The van der Waals surface area contributed by atoms with Gasteiger partial charge in [0.15, 0.2) is 5.13 Å². The zero-order chi connectivity index (χ0) is 14.9. The number of amides is 1. The minimum absolute atomic E-state index is 0. The second-order valence-corrected chi connectivity index (χ2v) is 6.05. The van der Waals surface area contributed by atoms with Gasteiger partial charge < -0.3 is 0 Å². The predicted molar refractivity (Wildman–Crippen MR) is 96.2 cm³/mol. The van der Waals surface area contributed by atoms with Crippen LogP contribution in [0.15, 0.2) is 35.8 Å². The Kier molecular flexibility index (Phi) is 8.78. The second-order valence-electron chi connectivity index (χ2n) is 5.15. The van der Waals surface area contributed by atoms with Gasteiger partial charge in [0, 0.05) is 17.1 Å². The summed E-state index contributed by atoms with van der Waals surface area (Å²) in [7, 11) is 0. The monoisotopic (exact) mass is 338 g/mol. The normalized spacial score (nSPS) is 10.0. The van der Waals surface area contributed by atoms with Gasteiger partial charge in [-0.2, -0.15) is 0 Å². The number of hydrogen-bond donors (Lipinski definition) is 1. The smallest absolute Gasteiger partial charge is 0.257 e. The van der Waals surface area contributed by atoms with E-state index in [9.17, 15) is 4.79 Å². The molecule has 0 atom stereocenters. The van der Waals surface area contributed by atoms with Crippen LogP contribution in [0.2, 0.25) is 0 Å². The number of unbranched alkanes of at least 4 members (excludes halogenated alkanes) is 4. The van der Waals surface area contributed by atoms with E-state index in [0.29, 0.717) is 10.7 Å². The van der Waals surface area contributed by atoms with Gasteiger partial charge in [-0.15, -0.1) is 23.7 Å². The molecular weight excluding hydrogens is 316 g/mol. The number of hydrogen-bond acceptors (Lipinski definition) is 3. The summed E-state index contributed by atoms with van der Waals surface area (Å²) in [6.07, 6.45) is 9.23. The van der Waals surface area contributed by atoms with Crippen molar-refractivity contribution >= 4 is 34.8 Å². The predicted octanol–water partition coefficient (Wildman–Crippen LogP) is 5.33. The molecule has 5 heteroatoms. The van der Waals surface area contributed by atoms with Crippen molar-refractivity contribution in [3.05, 3.63) is 47.0 Å². The first kappa shape index (κ1) is 18.7. The summed E-state index contributed by atoms with van der Waals surface area (Å²) in [4.78, 5) is 16.1. The highest BCUT2D eigenvalue weighted by molar-refractivity contribution is 7.13. The fourth-order valence-electron chi connectivity index (χ4n) is 2.21. The minimum atomic E-state index is -0.0977. The van der Waals surface area contributed by atoms with Gasteiger partial charge in [0.05, 0.1) is 0 Å². The summed E-state index contributed by atoms with van der Waals surface area (Å²) in [5, 5.41) is 5.28. The number of thiazole rings is 1. The van der Waals surface area contributed by atoms with Gasteiger partial charge in [0.2, 0.25) is 0 Å². The molecule has 0 aliphatic heterocycles. The molecule has 0 radical (unpaired) electrons. The quantitative estimate of drug-likeness (QED) is 0.661. The SMILES string of the molecule is CCCCCCCc1ccc(C(=O)Nc2nccs2)cc1.Cl. The maximum atomic E-state index is 12.0. The molecule has 0 saturated heterocycles. The van der Waals surface area contributed by atoms with Crippen LogP contribution in [0.4, 0.5) is 5.13 Å². The molecule has 0 saturated carbocycles. The number of benzene rings is 1. The minimum Gasteiger partial charge on any atom is -0.298 e. The highest BCUT2D eigenvalue weighted by atomic mass is 35.5. The molecule has 120 valence electrons. The lowest BCUT2D eigenvalue weighted by molar-refractivity contribution is 0.102. The Morgan fingerprint density at radius 1 is 1.14 bits per heavy atom. The van der Waals surface area contributed by atoms with Crippen LogP contribution < -0.4 is 5.32 Å². The number of nitrogens with zero attached hydrogens (tertiary/aromatic N) is 1. The fourth-order valence-corrected chi connectivity index (χ4v) is 2.73. The third kappa shape index (κ3) is 6.16. The standard InChI is InChI=1S/C17H22N2OS.ClH/c1-2-3-4-5-6-7-14-8-10-15(11-9-14)16(20)19-17-18-12-13-21-17;/h8-13H,2-7H2,1H3,(H,18,19,20);1H. The second kappa shape index (κ2) is 10.4. The topological polar surface area (TPSA) is 42.0 Å². The Hall–Kier alpha value is -1.39. The fraction of sp³-hybridized carbons (Fsp3) is 0.412. The number of carbonyl (C=O) groups excluding carboxylic acids is 1. The summed E-state index contributed by atoms with van der Waals surface area (Å²) in [6, 6.07) is 7.89. The Bertz CT molecular complexity index is 540. The highest BCUT2D eigenvalue weighted by Gasteiger charge is 2.07. The summed E-state index contributed by atoms with van der Waals surface area (Å²) in [6.45, 7) is 2.23. The molecule has 0 aliphatic rings. The van der Waals surface area contributed by atoms with Crippen molar-refractivity contribution in [2.24, 2.45) is 0 Å². The maximum Gasteiger partial charge on any atom is 0.257 e. The van der Waals surface area contributed by atoms with E-state index < -0.39 is 0 Å². The number of carbonyl (C=O) groups is 1. The lowest BCUT2D eigenvalue weighted by atomic mass is 10.0. The average Bonchev–Trinajstić information content (AvgIpc) is 3.00. The van der Waals surface area contributed by atoms with Gasteiger partial charge in [-0.25, -0.2) is 4.98 Å². The highest BCUT2D eigenvalue weighted by Crippen LogP contribution is 2.14. The molecule has 0 fully saturated rings. The van der Waals surface area contributed by atoms with Crippen molar-refractivity contribution in [1.82, 2.24) is 4.98 Å². The zero-order valence-electron chi connectivity index (χ0n) is 12.9. The summed E-state index contributed by atoms with van der Waals surface area (Å²) in [5.74, 6) is -0.0977. The van der Waals surface area contributed by atoms with Crippen LogP contribution in [0.3, 0.4) is 0 Å². The lowest BCUT2D eigenvalue weighted by Crippen LogP contribution is -2.11. The van der Waals surface area contributed by atoms with Crippen LogP contribution >= 0.6 is 23.7 Å². The van der Waals surface area contributed by atoms with Crippen LogP contribution in [-0.2, 0) is 6.42 Å². The molecule has 2 aromatic rings. The molecule has 1 aromatic carbocycles. The summed E-state index contributed by atoms with van der Waals surface area (Å²) in [5.41, 5.74) is 1.98. The van der Waals surface area contributed by atoms with Crippen LogP contribution in [0.25, 0.3) is 0 Å². The van der Waals surface area contributed by atoms with Gasteiger partial charge in [-0.3, -0.25) is 10.1 Å². The Balaban J connectivity index is 0.00000242. The first-order chi connectivity index (χ1) is 10.3. The molecule has 1 amide bonds. The molecule has 0 unspecified atom stereocenters. The third-order valence-electron chi connectivity index (χ3n) is 3.44. The first-order valence-electron chi connectivity index (χ1n) is 7.59. The van der Waals surface area contributed by atoms with Crippen molar-refractivity contribution < 1.29 is 4.79 Å². The Labute approximate surface area is 142 Å². The summed E-state index contributed by atoms with van der Waals surface area (Å²) < 4.78 is 0. The molecule has 3 nitrogen and oxygen atoms in total. The molecule has 1 N–H and O–H groups in total. The zero-order valence-corrected chi connectivity index (χ0v) is 14.5. The van der Waals surface area contributed by atoms with E-state index in [1.165, 1.54) is 49.0 Å². The Morgan fingerprint density at radius 3 is 2.50 bits per heavy atom. The third-order valence-corrected chi connectivity index (χ3v) is 4.13. The van der Waals surface area contributed by atoms with Crippen molar-refractivity contribution in [3.8, 4) is 0 Å². The van der Waals surface area contributed by atoms with E-state index in [0.717, 1.165) is 6.42 Å². The lowest BCUT2D eigenvalue weighted by Gasteiger charge is -2.04. The van der Waals surface area contributed by atoms with Crippen molar-refractivity contribution in [3.63, 3.8) is 0 Å². The number of nitrogens with one attached hydrogen (secondary N) is 1. The molecule has 22 heavy (non-hydrogen) atoms. The van der Waals surface area contributed by atoms with Crippen LogP contribution in [0.5, 0.6) is 0 Å². The average molecular weight is 339 g/mol. The van der Waals surface area contributed by atoms with Crippen molar-refractivity contribution in [1.29, 1.82) is 0 Å². The van der Waals surface area contributed by atoms with E-state index in [1.807, 2.05) is 17.5 Å². The van der Waals surface area contributed by atoms with Gasteiger partial charge in [-0.05, 0) is 30.5 Å². The van der Waals surface area contributed by atoms with E-state index in [2.05, 4.69) is 29.4 Å². The van der Waals surface area contributed by atoms with Gasteiger partial charge in [0.25, 0.3) is 5.91 Å². The number of halogens is 1. The molecule has 2 rings (SSSR count). The number of rotatable bonds is 8. The number of aromatic nitrogens is 1. The summed E-state index contributed by atoms with van der Waals surface area (Å²) >= 11 is 1.42. The molecule has 0 bridgehead atoms. The molecule has 1 aromatic heterocycles. The van der Waals surface area contributed by atoms with E-state index in [4.69, 9.17) is 0 Å². The maximum absolute atomic E-state index is 12.0. The largest absolute Gasteiger partial charge is 0.298 e. The first-order valence-corrected chi connectivity index (χ1v) is 8.47. The van der Waals surface area contributed by atoms with Crippen molar-refractivity contribution in [2.75, 3.05) is 5.32 Å². The van der Waals surface area contributed by atoms with Gasteiger partial charge in [-0.1, -0.05) is 44.7 Å². The van der Waals surface area contributed by atoms with E-state index >= 15 is 0 Å². The van der Waals surface area contributed by atoms with Crippen LogP contribution in [0, 0.1) is 0 Å². The van der Waals surface area contributed by atoms with Gasteiger partial charge >= 0.3 is 0 Å². The van der Waals surface area contributed by atoms with E-state index in [-0.39, 0.29) is 18.3 Å². The number of anilines is 1. The van der Waals surface area contributed by atoms with E-state index in [1.54, 1.807) is 6.20 Å². The molecule has 1 heterocycles. The molecule has 0 aliphatic carbocycles. The molecular formula is C17H23ClN2OS. The number of aryl methyl sites for hydroxylation is 1. The molecule has 0 spiro atoms. The Morgan fingerprint density at radius 2 is 1.86 bits per heavy atom. The van der Waals surface area contributed by atoms with Crippen molar-refractivity contribution in [2.45, 2.75) is 45.4 Å².